The van der Waals surface area contributed by atoms with Crippen molar-refractivity contribution >= 4 is 28.5 Å². The molecule has 1 heterocycles. The van der Waals surface area contributed by atoms with Crippen molar-refractivity contribution in [1.82, 2.24) is 4.98 Å². The second-order valence-corrected chi connectivity index (χ2v) is 6.96. The molecule has 0 atom stereocenters. The number of carbonyl (C=O) groups is 2. The van der Waals surface area contributed by atoms with Gasteiger partial charge in [0.2, 0.25) is 0 Å². The number of aromatic nitrogens is 1. The van der Waals surface area contributed by atoms with E-state index < -0.39 is 5.97 Å². The SMILES string of the molecule is CCc1cccc(CC)c1NC(=O)COC(=O)c1cc2cc(OC)ccc2nc1C. The van der Waals surface area contributed by atoms with E-state index in [1.165, 1.54) is 0 Å². The number of nitrogens with zero attached hydrogens (tertiary/aromatic N) is 1. The van der Waals surface area contributed by atoms with Crippen LogP contribution in [-0.2, 0) is 22.4 Å². The fourth-order valence-electron chi connectivity index (χ4n) is 3.37. The van der Waals surface area contributed by atoms with Crippen LogP contribution in [0.2, 0.25) is 0 Å². The lowest BCUT2D eigenvalue weighted by Crippen LogP contribution is -2.22. The highest BCUT2D eigenvalue weighted by Crippen LogP contribution is 2.24. The number of nitrogens with one attached hydrogen (secondary N) is 1. The van der Waals surface area contributed by atoms with Gasteiger partial charge in [-0.3, -0.25) is 9.78 Å². The number of rotatable bonds is 7. The minimum absolute atomic E-state index is 0.326. The lowest BCUT2D eigenvalue weighted by atomic mass is 10.0. The summed E-state index contributed by atoms with van der Waals surface area (Å²) in [6.07, 6.45) is 1.60. The number of pyridine rings is 1. The monoisotopic (exact) mass is 406 g/mol. The standard InChI is InChI=1S/C24H26N2O4/c1-5-16-8-7-9-17(6-2)23(16)26-22(27)14-30-24(28)20-13-18-12-19(29-4)10-11-21(18)25-15(20)3/h7-13H,5-6,14H2,1-4H3,(H,26,27). The van der Waals surface area contributed by atoms with Gasteiger partial charge < -0.3 is 14.8 Å². The van der Waals surface area contributed by atoms with Crippen LogP contribution in [0.15, 0.2) is 42.5 Å². The van der Waals surface area contributed by atoms with Gasteiger partial charge in [-0.15, -0.1) is 0 Å². The molecule has 0 aliphatic carbocycles. The second-order valence-electron chi connectivity index (χ2n) is 6.96. The highest BCUT2D eigenvalue weighted by atomic mass is 16.5. The lowest BCUT2D eigenvalue weighted by Gasteiger charge is -2.14. The Hall–Kier alpha value is -3.41. The quantitative estimate of drug-likeness (QED) is 0.586. The van der Waals surface area contributed by atoms with Crippen molar-refractivity contribution in [2.24, 2.45) is 0 Å². The number of ether oxygens (including phenoxy) is 2. The van der Waals surface area contributed by atoms with E-state index in [1.807, 2.05) is 44.2 Å². The first-order valence-corrected chi connectivity index (χ1v) is 9.99. The first-order chi connectivity index (χ1) is 14.5. The molecule has 1 N–H and O–H groups in total. The summed E-state index contributed by atoms with van der Waals surface area (Å²) in [7, 11) is 1.58. The largest absolute Gasteiger partial charge is 0.497 e. The van der Waals surface area contributed by atoms with Crippen LogP contribution in [0.5, 0.6) is 5.75 Å². The predicted molar refractivity (Wildman–Crippen MR) is 117 cm³/mol. The predicted octanol–water partition coefficient (Wildman–Crippen LogP) is 4.47. The van der Waals surface area contributed by atoms with Crippen molar-refractivity contribution in [2.45, 2.75) is 33.6 Å². The third-order valence-corrected chi connectivity index (χ3v) is 5.03. The maximum atomic E-state index is 12.6. The molecule has 0 aliphatic rings. The number of fused-ring (bicyclic) bond motifs is 1. The maximum Gasteiger partial charge on any atom is 0.340 e. The van der Waals surface area contributed by atoms with Gasteiger partial charge >= 0.3 is 5.97 Å². The summed E-state index contributed by atoms with van der Waals surface area (Å²) in [5.74, 6) is -0.278. The van der Waals surface area contributed by atoms with Crippen LogP contribution >= 0.6 is 0 Å². The zero-order valence-electron chi connectivity index (χ0n) is 17.7. The van der Waals surface area contributed by atoms with Gasteiger partial charge in [-0.1, -0.05) is 32.0 Å². The van der Waals surface area contributed by atoms with Gasteiger partial charge in [0.15, 0.2) is 6.61 Å². The number of methoxy groups -OCH3 is 1. The second kappa shape index (κ2) is 9.39. The summed E-state index contributed by atoms with van der Waals surface area (Å²) < 4.78 is 10.5. The van der Waals surface area contributed by atoms with E-state index in [2.05, 4.69) is 10.3 Å². The molecule has 0 aliphatic heterocycles. The third kappa shape index (κ3) is 4.59. The van der Waals surface area contributed by atoms with Crippen molar-refractivity contribution in [3.63, 3.8) is 0 Å². The van der Waals surface area contributed by atoms with Crippen LogP contribution in [0.3, 0.4) is 0 Å². The molecule has 30 heavy (non-hydrogen) atoms. The number of esters is 1. The highest BCUT2D eigenvalue weighted by Gasteiger charge is 2.16. The average molecular weight is 406 g/mol. The number of amides is 1. The van der Waals surface area contributed by atoms with E-state index in [9.17, 15) is 9.59 Å². The fourth-order valence-corrected chi connectivity index (χ4v) is 3.37. The molecule has 0 radical (unpaired) electrons. The minimum Gasteiger partial charge on any atom is -0.497 e. The maximum absolute atomic E-state index is 12.6. The number of para-hydroxylation sites is 1. The first-order valence-electron chi connectivity index (χ1n) is 9.99. The van der Waals surface area contributed by atoms with E-state index in [0.717, 1.165) is 40.6 Å². The Balaban J connectivity index is 1.73. The number of anilines is 1. The van der Waals surface area contributed by atoms with Crippen LogP contribution in [0, 0.1) is 6.92 Å². The Kier molecular flexibility index (Phi) is 6.67. The number of hydrogen-bond donors (Lipinski definition) is 1. The van der Waals surface area contributed by atoms with Crippen LogP contribution in [0.1, 0.15) is 41.0 Å². The number of benzene rings is 2. The molecule has 3 rings (SSSR count). The van der Waals surface area contributed by atoms with Crippen molar-refractivity contribution in [2.75, 3.05) is 19.0 Å². The van der Waals surface area contributed by atoms with E-state index in [4.69, 9.17) is 9.47 Å². The smallest absolute Gasteiger partial charge is 0.340 e. The molecular weight excluding hydrogens is 380 g/mol. The molecule has 1 amide bonds. The summed E-state index contributed by atoms with van der Waals surface area (Å²) in [4.78, 5) is 29.5. The zero-order valence-corrected chi connectivity index (χ0v) is 17.7. The van der Waals surface area contributed by atoms with Crippen molar-refractivity contribution in [3.8, 4) is 5.75 Å². The van der Waals surface area contributed by atoms with Gasteiger partial charge in [-0.05, 0) is 55.2 Å². The van der Waals surface area contributed by atoms with Gasteiger partial charge in [0.05, 0.1) is 23.9 Å². The molecule has 1 aromatic heterocycles. The van der Waals surface area contributed by atoms with Gasteiger partial charge in [-0.25, -0.2) is 4.79 Å². The zero-order chi connectivity index (χ0) is 21.7. The molecule has 156 valence electrons. The molecule has 0 saturated carbocycles. The summed E-state index contributed by atoms with van der Waals surface area (Å²) in [5.41, 5.74) is 4.54. The molecule has 0 saturated heterocycles. The summed E-state index contributed by atoms with van der Waals surface area (Å²) in [5, 5.41) is 3.66. The normalized spacial score (nSPS) is 10.7. The van der Waals surface area contributed by atoms with Gasteiger partial charge in [0.25, 0.3) is 5.91 Å². The molecule has 2 aromatic carbocycles. The average Bonchev–Trinajstić information content (AvgIpc) is 2.76. The van der Waals surface area contributed by atoms with E-state index in [-0.39, 0.29) is 12.5 Å². The minimum atomic E-state index is -0.584. The number of carbonyl (C=O) groups excluding carboxylic acids is 2. The molecule has 0 unspecified atom stereocenters. The van der Waals surface area contributed by atoms with Crippen molar-refractivity contribution in [3.05, 3.63) is 64.8 Å². The molecular formula is C24H26N2O4. The fraction of sp³-hybridized carbons (Fsp3) is 0.292. The molecule has 0 bridgehead atoms. The van der Waals surface area contributed by atoms with Gasteiger partial charge in [-0.2, -0.15) is 0 Å². The summed E-state index contributed by atoms with van der Waals surface area (Å²) in [6.45, 7) is 5.45. The topological polar surface area (TPSA) is 77.5 Å². The molecule has 0 spiro atoms. The molecule has 3 aromatic rings. The van der Waals surface area contributed by atoms with E-state index in [1.54, 1.807) is 26.2 Å². The van der Waals surface area contributed by atoms with Crippen molar-refractivity contribution < 1.29 is 19.1 Å². The number of aryl methyl sites for hydroxylation is 3. The summed E-state index contributed by atoms with van der Waals surface area (Å²) >= 11 is 0. The Morgan fingerprint density at radius 3 is 2.37 bits per heavy atom. The van der Waals surface area contributed by atoms with Gasteiger partial charge in [0.1, 0.15) is 5.75 Å². The lowest BCUT2D eigenvalue weighted by molar-refractivity contribution is -0.119. The Labute approximate surface area is 176 Å². The third-order valence-electron chi connectivity index (χ3n) is 5.03. The summed E-state index contributed by atoms with van der Waals surface area (Å²) in [6, 6.07) is 13.1. The highest BCUT2D eigenvalue weighted by molar-refractivity contribution is 5.98. The molecule has 0 fully saturated rings. The first kappa shape index (κ1) is 21.3. The van der Waals surface area contributed by atoms with Crippen LogP contribution in [-0.4, -0.2) is 30.6 Å². The number of hydrogen-bond acceptors (Lipinski definition) is 5. The van der Waals surface area contributed by atoms with Crippen molar-refractivity contribution in [1.29, 1.82) is 0 Å². The van der Waals surface area contributed by atoms with Crippen LogP contribution in [0.4, 0.5) is 5.69 Å². The van der Waals surface area contributed by atoms with Crippen LogP contribution in [0.25, 0.3) is 10.9 Å². The Morgan fingerprint density at radius 2 is 1.73 bits per heavy atom. The van der Waals surface area contributed by atoms with Gasteiger partial charge in [0, 0.05) is 11.1 Å². The Morgan fingerprint density at radius 1 is 1.03 bits per heavy atom. The molecule has 6 nitrogen and oxygen atoms in total. The Bertz CT molecular complexity index is 1070. The van der Waals surface area contributed by atoms with Crippen LogP contribution < -0.4 is 10.1 Å². The van der Waals surface area contributed by atoms with E-state index >= 15 is 0 Å². The molecule has 6 heteroatoms. The van der Waals surface area contributed by atoms with E-state index in [0.29, 0.717) is 17.0 Å².